The van der Waals surface area contributed by atoms with Crippen LogP contribution in [0, 0.1) is 5.92 Å². The average Bonchev–Trinajstić information content (AvgIpc) is 2.76. The number of carbonyl (C=O) groups excluding carboxylic acids is 1. The molecule has 1 aliphatic rings. The number of amides is 1. The SMILES string of the molecule is CCN(CC1CCC1)C(=O)c1cc(C(=O)O)on1. The van der Waals surface area contributed by atoms with Gasteiger partial charge in [0, 0.05) is 19.2 Å². The minimum absolute atomic E-state index is 0.0635. The third-order valence-corrected chi connectivity index (χ3v) is 3.31. The first-order chi connectivity index (χ1) is 8.61. The fraction of sp³-hybridized carbons (Fsp3) is 0.583. The molecule has 0 bridgehead atoms. The van der Waals surface area contributed by atoms with Gasteiger partial charge in [0.2, 0.25) is 5.76 Å². The van der Waals surface area contributed by atoms with Gasteiger partial charge in [-0.05, 0) is 25.7 Å². The lowest BCUT2D eigenvalue weighted by Gasteiger charge is -2.31. The minimum atomic E-state index is -1.22. The van der Waals surface area contributed by atoms with Crippen LogP contribution >= 0.6 is 0 Å². The highest BCUT2D eigenvalue weighted by Gasteiger charge is 2.25. The van der Waals surface area contributed by atoms with Crippen molar-refractivity contribution in [3.63, 3.8) is 0 Å². The Balaban J connectivity index is 2.04. The zero-order valence-electron chi connectivity index (χ0n) is 10.3. The van der Waals surface area contributed by atoms with Crippen molar-refractivity contribution in [2.45, 2.75) is 26.2 Å². The second-order valence-electron chi connectivity index (χ2n) is 4.52. The molecular formula is C12H16N2O4. The molecule has 1 aromatic heterocycles. The fourth-order valence-corrected chi connectivity index (χ4v) is 1.98. The number of hydrogen-bond acceptors (Lipinski definition) is 4. The first kappa shape index (κ1) is 12.6. The molecule has 1 heterocycles. The molecule has 1 N–H and O–H groups in total. The molecule has 1 aliphatic carbocycles. The highest BCUT2D eigenvalue weighted by Crippen LogP contribution is 2.27. The van der Waals surface area contributed by atoms with Gasteiger partial charge in [-0.15, -0.1) is 0 Å². The highest BCUT2D eigenvalue weighted by molar-refractivity contribution is 5.94. The van der Waals surface area contributed by atoms with Crippen molar-refractivity contribution in [1.29, 1.82) is 0 Å². The van der Waals surface area contributed by atoms with Crippen LogP contribution in [0.5, 0.6) is 0 Å². The number of carbonyl (C=O) groups is 2. The normalized spacial score (nSPS) is 15.2. The summed E-state index contributed by atoms with van der Waals surface area (Å²) in [6.07, 6.45) is 3.54. The molecule has 6 nitrogen and oxygen atoms in total. The molecule has 0 aromatic carbocycles. The summed E-state index contributed by atoms with van der Waals surface area (Å²) in [6.45, 7) is 3.20. The molecule has 98 valence electrons. The summed E-state index contributed by atoms with van der Waals surface area (Å²) >= 11 is 0. The number of rotatable bonds is 5. The molecule has 18 heavy (non-hydrogen) atoms. The summed E-state index contributed by atoms with van der Waals surface area (Å²) in [5, 5.41) is 12.2. The van der Waals surface area contributed by atoms with Gasteiger partial charge in [0.15, 0.2) is 5.69 Å². The third kappa shape index (κ3) is 2.52. The van der Waals surface area contributed by atoms with E-state index in [2.05, 4.69) is 9.68 Å². The predicted octanol–water partition coefficient (Wildman–Crippen LogP) is 1.64. The maximum Gasteiger partial charge on any atom is 0.374 e. The van der Waals surface area contributed by atoms with Crippen molar-refractivity contribution in [3.05, 3.63) is 17.5 Å². The number of carboxylic acids is 1. The smallest absolute Gasteiger partial charge is 0.374 e. The molecule has 1 fully saturated rings. The summed E-state index contributed by atoms with van der Waals surface area (Å²) in [5.41, 5.74) is 0.0635. The Hall–Kier alpha value is -1.85. The van der Waals surface area contributed by atoms with Crippen molar-refractivity contribution in [1.82, 2.24) is 10.1 Å². The lowest BCUT2D eigenvalue weighted by atomic mass is 9.85. The van der Waals surface area contributed by atoms with E-state index in [0.717, 1.165) is 12.8 Å². The van der Waals surface area contributed by atoms with Crippen molar-refractivity contribution in [2.24, 2.45) is 5.92 Å². The van der Waals surface area contributed by atoms with Crippen LogP contribution in [0.15, 0.2) is 10.6 Å². The standard InChI is InChI=1S/C12H16N2O4/c1-2-14(7-8-4-3-5-8)11(15)9-6-10(12(16)17)18-13-9/h6,8H,2-5,7H2,1H3,(H,16,17). The predicted molar refractivity (Wildman–Crippen MR) is 62.4 cm³/mol. The summed E-state index contributed by atoms with van der Waals surface area (Å²) < 4.78 is 4.59. The van der Waals surface area contributed by atoms with Crippen molar-refractivity contribution >= 4 is 11.9 Å². The van der Waals surface area contributed by atoms with Crippen molar-refractivity contribution in [2.75, 3.05) is 13.1 Å². The average molecular weight is 252 g/mol. The minimum Gasteiger partial charge on any atom is -0.475 e. The van der Waals surface area contributed by atoms with Crippen LogP contribution in [0.3, 0.4) is 0 Å². The van der Waals surface area contributed by atoms with E-state index in [1.54, 1.807) is 4.90 Å². The largest absolute Gasteiger partial charge is 0.475 e. The summed E-state index contributed by atoms with van der Waals surface area (Å²) in [6, 6.07) is 1.17. The Morgan fingerprint density at radius 3 is 2.72 bits per heavy atom. The number of nitrogens with zero attached hydrogens (tertiary/aromatic N) is 2. The van der Waals surface area contributed by atoms with Gasteiger partial charge in [0.05, 0.1) is 0 Å². The second-order valence-corrected chi connectivity index (χ2v) is 4.52. The van der Waals surface area contributed by atoms with Gasteiger partial charge in [0.25, 0.3) is 5.91 Å². The monoisotopic (exact) mass is 252 g/mol. The van der Waals surface area contributed by atoms with Gasteiger partial charge >= 0.3 is 5.97 Å². The van der Waals surface area contributed by atoms with E-state index < -0.39 is 5.97 Å². The highest BCUT2D eigenvalue weighted by atomic mass is 16.5. The summed E-state index contributed by atoms with van der Waals surface area (Å²) in [4.78, 5) is 24.4. The quantitative estimate of drug-likeness (QED) is 0.861. The number of hydrogen-bond donors (Lipinski definition) is 1. The first-order valence-electron chi connectivity index (χ1n) is 6.11. The van der Waals surface area contributed by atoms with Crippen LogP contribution in [-0.4, -0.2) is 40.1 Å². The Morgan fingerprint density at radius 1 is 1.56 bits per heavy atom. The molecule has 0 aliphatic heterocycles. The zero-order chi connectivity index (χ0) is 13.1. The Kier molecular flexibility index (Phi) is 3.64. The van der Waals surface area contributed by atoms with E-state index in [4.69, 9.17) is 5.11 Å². The van der Waals surface area contributed by atoms with E-state index in [0.29, 0.717) is 19.0 Å². The van der Waals surface area contributed by atoms with E-state index >= 15 is 0 Å². The molecular weight excluding hydrogens is 236 g/mol. The fourth-order valence-electron chi connectivity index (χ4n) is 1.98. The van der Waals surface area contributed by atoms with Crippen LogP contribution < -0.4 is 0 Å². The second kappa shape index (κ2) is 5.20. The van der Waals surface area contributed by atoms with Crippen molar-refractivity contribution < 1.29 is 19.2 Å². The molecule has 6 heteroatoms. The van der Waals surface area contributed by atoms with Crippen LogP contribution in [0.1, 0.15) is 47.2 Å². The molecule has 1 saturated carbocycles. The lowest BCUT2D eigenvalue weighted by Crippen LogP contribution is -2.37. The number of aromatic carboxylic acids is 1. The Morgan fingerprint density at radius 2 is 2.28 bits per heavy atom. The van der Waals surface area contributed by atoms with Crippen LogP contribution in [0.25, 0.3) is 0 Å². The van der Waals surface area contributed by atoms with Gasteiger partial charge in [-0.3, -0.25) is 4.79 Å². The molecule has 0 saturated heterocycles. The molecule has 0 unspecified atom stereocenters. The molecule has 0 atom stereocenters. The van der Waals surface area contributed by atoms with Gasteiger partial charge in [0.1, 0.15) is 0 Å². The van der Waals surface area contributed by atoms with E-state index in [1.165, 1.54) is 12.5 Å². The summed E-state index contributed by atoms with van der Waals surface area (Å²) in [7, 11) is 0. The molecule has 1 amide bonds. The molecule has 1 aromatic rings. The maximum absolute atomic E-state index is 12.1. The van der Waals surface area contributed by atoms with Gasteiger partial charge in [-0.1, -0.05) is 11.6 Å². The lowest BCUT2D eigenvalue weighted by molar-refractivity contribution is 0.0645. The van der Waals surface area contributed by atoms with E-state index in [-0.39, 0.29) is 17.4 Å². The van der Waals surface area contributed by atoms with Gasteiger partial charge in [-0.2, -0.15) is 0 Å². The van der Waals surface area contributed by atoms with E-state index in [9.17, 15) is 9.59 Å². The Bertz CT molecular complexity index is 451. The van der Waals surface area contributed by atoms with Gasteiger partial charge < -0.3 is 14.5 Å². The third-order valence-electron chi connectivity index (χ3n) is 3.31. The maximum atomic E-state index is 12.1. The first-order valence-corrected chi connectivity index (χ1v) is 6.11. The molecule has 0 spiro atoms. The van der Waals surface area contributed by atoms with Crippen molar-refractivity contribution in [3.8, 4) is 0 Å². The van der Waals surface area contributed by atoms with Crippen LogP contribution in [-0.2, 0) is 0 Å². The summed E-state index contributed by atoms with van der Waals surface area (Å²) in [5.74, 6) is -1.22. The topological polar surface area (TPSA) is 83.6 Å². The van der Waals surface area contributed by atoms with Crippen LogP contribution in [0.2, 0.25) is 0 Å². The Labute approximate surface area is 105 Å². The molecule has 0 radical (unpaired) electrons. The molecule has 2 rings (SSSR count). The van der Waals surface area contributed by atoms with Crippen LogP contribution in [0.4, 0.5) is 0 Å². The van der Waals surface area contributed by atoms with Gasteiger partial charge in [-0.25, -0.2) is 4.79 Å². The number of carboxylic acid groups (broad SMARTS) is 1. The zero-order valence-corrected chi connectivity index (χ0v) is 10.3. The number of aromatic nitrogens is 1. The van der Waals surface area contributed by atoms with E-state index in [1.807, 2.05) is 6.92 Å².